The summed E-state index contributed by atoms with van der Waals surface area (Å²) in [6.45, 7) is 2.05. The molecule has 2 aromatic heterocycles. The van der Waals surface area contributed by atoms with E-state index in [0.717, 1.165) is 47.8 Å². The van der Waals surface area contributed by atoms with Crippen molar-refractivity contribution in [3.05, 3.63) is 59.1 Å². The summed E-state index contributed by atoms with van der Waals surface area (Å²) in [6.07, 6.45) is 2.06. The number of hydrogen-bond acceptors (Lipinski definition) is 8. The van der Waals surface area contributed by atoms with Crippen molar-refractivity contribution in [3.8, 4) is 5.75 Å². The Morgan fingerprint density at radius 3 is 2.88 bits per heavy atom. The molecule has 5 rings (SSSR count). The number of tetrazole rings is 1. The molecule has 0 N–H and O–H groups in total. The number of nitrogens with zero attached hydrogens (tertiary/aromatic N) is 6. The average Bonchev–Trinajstić information content (AvgIpc) is 3.50. The second kappa shape index (κ2) is 9.88. The number of thiazole rings is 1. The fraction of sp³-hybridized carbons (Fsp3) is 0.348. The van der Waals surface area contributed by atoms with Crippen LogP contribution < -0.4 is 4.74 Å². The minimum absolute atomic E-state index is 0.116. The second-order valence-electron chi connectivity index (χ2n) is 7.95. The van der Waals surface area contributed by atoms with Gasteiger partial charge in [-0.2, -0.15) is 0 Å². The third kappa shape index (κ3) is 5.01. The maximum absolute atomic E-state index is 13.0. The number of piperidine rings is 1. The summed E-state index contributed by atoms with van der Waals surface area (Å²) in [6, 6.07) is 16.0. The summed E-state index contributed by atoms with van der Waals surface area (Å²) in [5, 5.41) is 13.8. The molecule has 1 atom stereocenters. The van der Waals surface area contributed by atoms with Gasteiger partial charge in [0.1, 0.15) is 5.75 Å². The van der Waals surface area contributed by atoms with E-state index in [1.165, 1.54) is 16.5 Å². The Kier molecular flexibility index (Phi) is 6.54. The van der Waals surface area contributed by atoms with Crippen LogP contribution in [0.25, 0.3) is 10.2 Å². The van der Waals surface area contributed by atoms with Crippen molar-refractivity contribution in [1.82, 2.24) is 30.1 Å². The lowest BCUT2D eigenvalue weighted by Crippen LogP contribution is -2.40. The fourth-order valence-corrected chi connectivity index (χ4v) is 5.86. The molecule has 1 amide bonds. The summed E-state index contributed by atoms with van der Waals surface area (Å²) < 4.78 is 8.13. The number of rotatable bonds is 7. The van der Waals surface area contributed by atoms with E-state index in [0.29, 0.717) is 23.4 Å². The van der Waals surface area contributed by atoms with E-state index in [2.05, 4.69) is 21.6 Å². The molecule has 3 heterocycles. The molecule has 1 fully saturated rings. The Bertz CT molecular complexity index is 1210. The highest BCUT2D eigenvalue weighted by atomic mass is 32.2. The third-order valence-electron chi connectivity index (χ3n) is 5.75. The molecular formula is C23H24N6O2S2. The monoisotopic (exact) mass is 480 g/mol. The van der Waals surface area contributed by atoms with Gasteiger partial charge in [0.15, 0.2) is 0 Å². The quantitative estimate of drug-likeness (QED) is 0.372. The molecule has 2 aromatic carbocycles. The molecule has 170 valence electrons. The number of benzene rings is 2. The average molecular weight is 481 g/mol. The largest absolute Gasteiger partial charge is 0.497 e. The molecule has 1 saturated heterocycles. The molecule has 1 aliphatic heterocycles. The van der Waals surface area contributed by atoms with Crippen molar-refractivity contribution in [2.45, 2.75) is 30.5 Å². The van der Waals surface area contributed by atoms with E-state index < -0.39 is 0 Å². The summed E-state index contributed by atoms with van der Waals surface area (Å²) >= 11 is 3.12. The van der Waals surface area contributed by atoms with Gasteiger partial charge < -0.3 is 9.64 Å². The number of likely N-dealkylation sites (tertiary alicyclic amines) is 1. The Hall–Kier alpha value is -2.98. The summed E-state index contributed by atoms with van der Waals surface area (Å²) in [5.74, 6) is 1.53. The normalized spacial score (nSPS) is 16.3. The highest BCUT2D eigenvalue weighted by molar-refractivity contribution is 7.99. The predicted octanol–water partition coefficient (Wildman–Crippen LogP) is 3.84. The lowest BCUT2D eigenvalue weighted by Gasteiger charge is -2.31. The number of aromatic nitrogens is 5. The first-order valence-electron chi connectivity index (χ1n) is 10.8. The van der Waals surface area contributed by atoms with Crippen molar-refractivity contribution in [2.75, 3.05) is 26.0 Å². The van der Waals surface area contributed by atoms with Crippen LogP contribution in [0.2, 0.25) is 0 Å². The van der Waals surface area contributed by atoms with Crippen molar-refractivity contribution in [1.29, 1.82) is 0 Å². The fourth-order valence-electron chi connectivity index (χ4n) is 3.99. The number of methoxy groups -OCH3 is 1. The molecule has 1 aliphatic rings. The number of amides is 1. The van der Waals surface area contributed by atoms with Crippen molar-refractivity contribution in [3.63, 3.8) is 0 Å². The van der Waals surface area contributed by atoms with E-state index in [9.17, 15) is 4.79 Å². The molecule has 0 aliphatic carbocycles. The number of carbonyl (C=O) groups excluding carboxylic acids is 1. The van der Waals surface area contributed by atoms with E-state index in [1.807, 2.05) is 47.4 Å². The smallest absolute Gasteiger partial charge is 0.233 e. The summed E-state index contributed by atoms with van der Waals surface area (Å²) in [5.41, 5.74) is 2.10. The standard InChI is InChI=1S/C23H24N6O2S2/c1-31-18-10-8-16(9-11-18)13-29-23(25-26-27-29)32-15-21(30)28-12-4-5-17(14-28)22-24-19-6-2-3-7-20(19)33-22/h2-3,6-11,17H,4-5,12-15H2,1H3. The number of para-hydroxylation sites is 1. The molecule has 0 radical (unpaired) electrons. The van der Waals surface area contributed by atoms with Gasteiger partial charge >= 0.3 is 0 Å². The number of hydrogen-bond donors (Lipinski definition) is 0. The predicted molar refractivity (Wildman–Crippen MR) is 129 cm³/mol. The Morgan fingerprint density at radius 1 is 1.21 bits per heavy atom. The van der Waals surface area contributed by atoms with E-state index in [4.69, 9.17) is 9.72 Å². The lowest BCUT2D eigenvalue weighted by molar-refractivity contribution is -0.129. The maximum Gasteiger partial charge on any atom is 0.233 e. The van der Waals surface area contributed by atoms with Crippen LogP contribution in [0.3, 0.4) is 0 Å². The van der Waals surface area contributed by atoms with E-state index >= 15 is 0 Å². The zero-order valence-corrected chi connectivity index (χ0v) is 19.9. The molecule has 0 bridgehead atoms. The Morgan fingerprint density at radius 2 is 2.06 bits per heavy atom. The van der Waals surface area contributed by atoms with Gasteiger partial charge in [-0.05, 0) is 53.1 Å². The van der Waals surface area contributed by atoms with Crippen LogP contribution in [0.15, 0.2) is 53.7 Å². The van der Waals surface area contributed by atoms with Crippen LogP contribution in [-0.2, 0) is 11.3 Å². The van der Waals surface area contributed by atoms with Gasteiger partial charge in [-0.3, -0.25) is 4.79 Å². The second-order valence-corrected chi connectivity index (χ2v) is 9.96. The molecule has 10 heteroatoms. The van der Waals surface area contributed by atoms with Crippen LogP contribution in [0.1, 0.15) is 29.3 Å². The number of carbonyl (C=O) groups is 1. The van der Waals surface area contributed by atoms with Gasteiger partial charge in [-0.25, -0.2) is 9.67 Å². The lowest BCUT2D eigenvalue weighted by atomic mass is 9.99. The topological polar surface area (TPSA) is 86.0 Å². The minimum atomic E-state index is 0.116. The minimum Gasteiger partial charge on any atom is -0.497 e. The molecule has 0 saturated carbocycles. The number of thioether (sulfide) groups is 1. The highest BCUT2D eigenvalue weighted by Crippen LogP contribution is 2.33. The highest BCUT2D eigenvalue weighted by Gasteiger charge is 2.27. The van der Waals surface area contributed by atoms with E-state index in [1.54, 1.807) is 23.1 Å². The van der Waals surface area contributed by atoms with Gasteiger partial charge in [-0.15, -0.1) is 16.4 Å². The maximum atomic E-state index is 13.0. The first kappa shape index (κ1) is 21.8. The van der Waals surface area contributed by atoms with Gasteiger partial charge in [0.25, 0.3) is 0 Å². The summed E-state index contributed by atoms with van der Waals surface area (Å²) in [7, 11) is 1.64. The third-order valence-corrected chi connectivity index (χ3v) is 7.89. The van der Waals surface area contributed by atoms with Crippen LogP contribution >= 0.6 is 23.1 Å². The molecule has 33 heavy (non-hydrogen) atoms. The van der Waals surface area contributed by atoms with Gasteiger partial charge in [-0.1, -0.05) is 36.0 Å². The molecule has 1 unspecified atom stereocenters. The number of fused-ring (bicyclic) bond motifs is 1. The zero-order chi connectivity index (χ0) is 22.6. The van der Waals surface area contributed by atoms with Gasteiger partial charge in [0.05, 0.1) is 34.6 Å². The van der Waals surface area contributed by atoms with Gasteiger partial charge in [0.2, 0.25) is 11.1 Å². The van der Waals surface area contributed by atoms with Crippen LogP contribution in [-0.4, -0.2) is 62.0 Å². The zero-order valence-electron chi connectivity index (χ0n) is 18.3. The Labute approximate surface area is 200 Å². The molecular weight excluding hydrogens is 456 g/mol. The summed E-state index contributed by atoms with van der Waals surface area (Å²) in [4.78, 5) is 19.8. The SMILES string of the molecule is COc1ccc(Cn2nnnc2SCC(=O)N2CCCC(c3nc4ccccc4s3)C2)cc1. The van der Waals surface area contributed by atoms with Crippen LogP contribution in [0.4, 0.5) is 0 Å². The molecule has 8 nitrogen and oxygen atoms in total. The van der Waals surface area contributed by atoms with Crippen molar-refractivity contribution >= 4 is 39.2 Å². The van der Waals surface area contributed by atoms with Gasteiger partial charge in [0, 0.05) is 19.0 Å². The van der Waals surface area contributed by atoms with Crippen molar-refractivity contribution < 1.29 is 9.53 Å². The van der Waals surface area contributed by atoms with Crippen LogP contribution in [0.5, 0.6) is 5.75 Å². The first-order valence-corrected chi connectivity index (χ1v) is 12.6. The Balaban J connectivity index is 1.19. The number of ether oxygens (including phenoxy) is 1. The van der Waals surface area contributed by atoms with E-state index in [-0.39, 0.29) is 5.91 Å². The first-order chi connectivity index (χ1) is 16.2. The molecule has 0 spiro atoms. The van der Waals surface area contributed by atoms with Crippen molar-refractivity contribution in [2.24, 2.45) is 0 Å². The van der Waals surface area contributed by atoms with Crippen LogP contribution in [0, 0.1) is 0 Å². The molecule has 4 aromatic rings.